The summed E-state index contributed by atoms with van der Waals surface area (Å²) in [6.07, 6.45) is 3.93. The smallest absolute Gasteiger partial charge is 0.0900 e. The van der Waals surface area contributed by atoms with E-state index in [0.717, 1.165) is 19.4 Å². The standard InChI is InChI=1S/C20H26N2OS/c1-3-13-6-9-17-16(11-13)20-15(8-7-14(23-20)12-21-2)19(22-17)18-5-4-10-24-18/h4-6,9-11,14-15,19-22H,3,7-8,12H2,1-2H3/t14-,15+,19-,20+/m1/s1. The molecule has 0 spiro atoms. The molecule has 1 fully saturated rings. The molecule has 0 aliphatic carbocycles. The summed E-state index contributed by atoms with van der Waals surface area (Å²) in [5, 5.41) is 9.27. The third-order valence-corrected chi connectivity index (χ3v) is 6.36. The molecule has 128 valence electrons. The van der Waals surface area contributed by atoms with Gasteiger partial charge in [0.1, 0.15) is 0 Å². The lowest BCUT2D eigenvalue weighted by molar-refractivity contribution is -0.0908. The van der Waals surface area contributed by atoms with Gasteiger partial charge in [-0.05, 0) is 49.4 Å². The van der Waals surface area contributed by atoms with Gasteiger partial charge in [0.25, 0.3) is 0 Å². The number of ether oxygens (including phenoxy) is 1. The van der Waals surface area contributed by atoms with Crippen LogP contribution in [0, 0.1) is 5.92 Å². The van der Waals surface area contributed by atoms with Crippen LogP contribution in [0.4, 0.5) is 5.69 Å². The van der Waals surface area contributed by atoms with Crippen LogP contribution in [0.2, 0.25) is 0 Å². The molecule has 3 heterocycles. The number of anilines is 1. The molecule has 0 radical (unpaired) electrons. The van der Waals surface area contributed by atoms with Crippen LogP contribution in [-0.2, 0) is 11.2 Å². The number of nitrogens with one attached hydrogen (secondary N) is 2. The van der Waals surface area contributed by atoms with Crippen LogP contribution >= 0.6 is 11.3 Å². The van der Waals surface area contributed by atoms with E-state index in [0.29, 0.717) is 18.1 Å². The first-order valence-electron chi connectivity index (χ1n) is 9.03. The lowest BCUT2D eigenvalue weighted by atomic mass is 9.78. The van der Waals surface area contributed by atoms with E-state index in [1.807, 2.05) is 18.4 Å². The van der Waals surface area contributed by atoms with E-state index in [9.17, 15) is 0 Å². The number of rotatable bonds is 4. The van der Waals surface area contributed by atoms with Crippen LogP contribution in [0.1, 0.15) is 47.9 Å². The predicted octanol–water partition coefficient (Wildman–Crippen LogP) is 4.53. The summed E-state index contributed by atoms with van der Waals surface area (Å²) in [6.45, 7) is 3.15. The molecule has 0 saturated carbocycles. The normalized spacial score (nSPS) is 28.8. The molecule has 2 aliphatic rings. The lowest BCUT2D eigenvalue weighted by Crippen LogP contribution is -2.41. The van der Waals surface area contributed by atoms with Gasteiger partial charge in [0.2, 0.25) is 0 Å². The Labute approximate surface area is 148 Å². The molecule has 4 rings (SSSR count). The molecule has 0 amide bonds. The number of hydrogen-bond donors (Lipinski definition) is 2. The van der Waals surface area contributed by atoms with Gasteiger partial charge < -0.3 is 15.4 Å². The SMILES string of the molecule is CCc1ccc2c(c1)[C@H]1O[C@@H](CNC)CC[C@H]1[C@H](c1cccs1)N2. The highest BCUT2D eigenvalue weighted by atomic mass is 32.1. The van der Waals surface area contributed by atoms with Crippen LogP contribution < -0.4 is 10.6 Å². The van der Waals surface area contributed by atoms with Crippen LogP contribution in [0.3, 0.4) is 0 Å². The van der Waals surface area contributed by atoms with Crippen molar-refractivity contribution in [1.82, 2.24) is 5.32 Å². The van der Waals surface area contributed by atoms with Crippen molar-refractivity contribution in [3.63, 3.8) is 0 Å². The topological polar surface area (TPSA) is 33.3 Å². The fourth-order valence-corrected chi connectivity index (χ4v) is 5.00. The molecular formula is C20H26N2OS. The molecular weight excluding hydrogens is 316 g/mol. The number of hydrogen-bond acceptors (Lipinski definition) is 4. The number of aryl methyl sites for hydroxylation is 1. The largest absolute Gasteiger partial charge is 0.377 e. The van der Waals surface area contributed by atoms with Crippen LogP contribution in [0.25, 0.3) is 0 Å². The van der Waals surface area contributed by atoms with E-state index in [2.05, 4.69) is 53.3 Å². The molecule has 2 aromatic rings. The van der Waals surface area contributed by atoms with Gasteiger partial charge in [-0.3, -0.25) is 0 Å². The first-order valence-corrected chi connectivity index (χ1v) is 9.91. The Morgan fingerprint density at radius 3 is 2.96 bits per heavy atom. The average Bonchev–Trinajstić information content (AvgIpc) is 3.15. The van der Waals surface area contributed by atoms with Crippen LogP contribution in [0.15, 0.2) is 35.7 Å². The second kappa shape index (κ2) is 6.87. The molecule has 3 nitrogen and oxygen atoms in total. The number of likely N-dealkylation sites (N-methyl/N-ethyl adjacent to an activating group) is 1. The van der Waals surface area contributed by atoms with Crippen molar-refractivity contribution in [2.45, 2.75) is 44.4 Å². The maximum Gasteiger partial charge on any atom is 0.0900 e. The molecule has 2 aliphatic heterocycles. The average molecular weight is 343 g/mol. The Bertz CT molecular complexity index is 685. The molecule has 1 aromatic carbocycles. The molecule has 0 unspecified atom stereocenters. The molecule has 0 bridgehead atoms. The van der Waals surface area contributed by atoms with E-state index in [-0.39, 0.29) is 6.10 Å². The summed E-state index contributed by atoms with van der Waals surface area (Å²) in [5.74, 6) is 0.511. The lowest BCUT2D eigenvalue weighted by Gasteiger charge is -2.45. The number of thiophene rings is 1. The maximum absolute atomic E-state index is 6.59. The summed E-state index contributed by atoms with van der Waals surface area (Å²) in [7, 11) is 2.01. The van der Waals surface area contributed by atoms with Crippen molar-refractivity contribution in [1.29, 1.82) is 0 Å². The van der Waals surface area contributed by atoms with Gasteiger partial charge in [0, 0.05) is 28.6 Å². The summed E-state index contributed by atoms with van der Waals surface area (Å²) in [5.41, 5.74) is 3.99. The Hall–Kier alpha value is -1.36. The van der Waals surface area contributed by atoms with Crippen LogP contribution in [-0.4, -0.2) is 19.7 Å². The van der Waals surface area contributed by atoms with E-state index in [1.165, 1.54) is 28.1 Å². The first kappa shape index (κ1) is 16.1. The second-order valence-electron chi connectivity index (χ2n) is 6.89. The minimum absolute atomic E-state index is 0.201. The monoisotopic (exact) mass is 342 g/mol. The zero-order valence-electron chi connectivity index (χ0n) is 14.4. The van der Waals surface area contributed by atoms with Gasteiger partial charge in [0.05, 0.1) is 18.2 Å². The van der Waals surface area contributed by atoms with Crippen molar-refractivity contribution in [2.75, 3.05) is 18.9 Å². The van der Waals surface area contributed by atoms with Crippen LogP contribution in [0.5, 0.6) is 0 Å². The van der Waals surface area contributed by atoms with Crippen molar-refractivity contribution >= 4 is 17.0 Å². The molecule has 4 heteroatoms. The summed E-state index contributed by atoms with van der Waals surface area (Å²) >= 11 is 1.85. The molecule has 1 aromatic heterocycles. The molecule has 2 N–H and O–H groups in total. The fraction of sp³-hybridized carbons (Fsp3) is 0.500. The van der Waals surface area contributed by atoms with E-state index >= 15 is 0 Å². The van der Waals surface area contributed by atoms with Gasteiger partial charge >= 0.3 is 0 Å². The minimum Gasteiger partial charge on any atom is -0.377 e. The van der Waals surface area contributed by atoms with Gasteiger partial charge in [-0.1, -0.05) is 25.1 Å². The summed E-state index contributed by atoms with van der Waals surface area (Å²) in [6, 6.07) is 11.6. The van der Waals surface area contributed by atoms with Gasteiger partial charge in [-0.2, -0.15) is 0 Å². The Morgan fingerprint density at radius 2 is 2.21 bits per heavy atom. The fourth-order valence-electron chi connectivity index (χ4n) is 4.15. The first-order chi connectivity index (χ1) is 11.8. The molecule has 1 saturated heterocycles. The van der Waals surface area contributed by atoms with Crippen molar-refractivity contribution in [3.05, 3.63) is 51.7 Å². The van der Waals surface area contributed by atoms with Gasteiger partial charge in [-0.25, -0.2) is 0 Å². The zero-order chi connectivity index (χ0) is 16.5. The third kappa shape index (κ3) is 2.87. The maximum atomic E-state index is 6.59. The highest BCUT2D eigenvalue weighted by Gasteiger charge is 2.42. The van der Waals surface area contributed by atoms with Crippen molar-refractivity contribution in [3.8, 4) is 0 Å². The zero-order valence-corrected chi connectivity index (χ0v) is 15.2. The third-order valence-electron chi connectivity index (χ3n) is 5.40. The summed E-state index contributed by atoms with van der Waals surface area (Å²) in [4.78, 5) is 1.42. The van der Waals surface area contributed by atoms with E-state index in [4.69, 9.17) is 4.74 Å². The van der Waals surface area contributed by atoms with Crippen molar-refractivity contribution < 1.29 is 4.74 Å². The Morgan fingerprint density at radius 1 is 1.29 bits per heavy atom. The minimum atomic E-state index is 0.201. The molecule has 4 atom stereocenters. The summed E-state index contributed by atoms with van der Waals surface area (Å²) < 4.78 is 6.59. The number of benzene rings is 1. The second-order valence-corrected chi connectivity index (χ2v) is 7.87. The molecule has 24 heavy (non-hydrogen) atoms. The highest BCUT2D eigenvalue weighted by molar-refractivity contribution is 7.10. The van der Waals surface area contributed by atoms with Gasteiger partial charge in [-0.15, -0.1) is 11.3 Å². The quantitative estimate of drug-likeness (QED) is 0.856. The predicted molar refractivity (Wildman–Crippen MR) is 101 cm³/mol. The van der Waals surface area contributed by atoms with E-state index < -0.39 is 0 Å². The number of fused-ring (bicyclic) bond motifs is 3. The van der Waals surface area contributed by atoms with Gasteiger partial charge in [0.15, 0.2) is 0 Å². The van der Waals surface area contributed by atoms with E-state index in [1.54, 1.807) is 0 Å². The Kier molecular flexibility index (Phi) is 4.61. The highest BCUT2D eigenvalue weighted by Crippen LogP contribution is 2.51. The Balaban J connectivity index is 1.72. The van der Waals surface area contributed by atoms with Crippen molar-refractivity contribution in [2.24, 2.45) is 5.92 Å².